The zero-order chi connectivity index (χ0) is 26.6. The summed E-state index contributed by atoms with van der Waals surface area (Å²) < 4.78 is 19.1. The number of nitrogens with zero attached hydrogens (tertiary/aromatic N) is 3. The SMILES string of the molecule is CCCC(CCC)Nc1nc(N2CCC(OC3=CC[C@H](C(=O)C(C)C4CC4)C=C3)CC2)nc2c1S(=O)CC2. The summed E-state index contributed by atoms with van der Waals surface area (Å²) in [6.07, 6.45) is 16.4. The van der Waals surface area contributed by atoms with Crippen molar-refractivity contribution in [1.29, 1.82) is 0 Å². The van der Waals surface area contributed by atoms with Crippen molar-refractivity contribution in [2.75, 3.05) is 29.1 Å². The average molecular weight is 541 g/mol. The molecule has 1 aromatic rings. The standard InChI is InChI=1S/C30H44N4O3S/c1-4-6-23(7-5-2)31-29-28-26(16-19-38(28)36)32-30(33-29)34-17-14-25(15-18-34)37-24-12-10-22(11-13-24)27(35)20(3)21-8-9-21/h10,12-13,20-23,25H,4-9,11,14-19H2,1-3H3,(H,31,32,33)/t20?,22-,38?/m1/s1. The summed E-state index contributed by atoms with van der Waals surface area (Å²) in [5.74, 6) is 4.25. The van der Waals surface area contributed by atoms with Gasteiger partial charge in [0.2, 0.25) is 5.95 Å². The lowest BCUT2D eigenvalue weighted by atomic mass is 9.86. The number of rotatable bonds is 12. The third-order valence-electron chi connectivity index (χ3n) is 8.53. The maximum Gasteiger partial charge on any atom is 0.227 e. The molecule has 3 heterocycles. The number of anilines is 2. The van der Waals surface area contributed by atoms with E-state index in [0.29, 0.717) is 23.5 Å². The van der Waals surface area contributed by atoms with Crippen molar-refractivity contribution >= 4 is 28.3 Å². The van der Waals surface area contributed by atoms with Gasteiger partial charge in [-0.25, -0.2) is 4.98 Å². The highest BCUT2D eigenvalue weighted by atomic mass is 32.2. The van der Waals surface area contributed by atoms with Crippen LogP contribution in [-0.2, 0) is 26.8 Å². The van der Waals surface area contributed by atoms with E-state index >= 15 is 0 Å². The number of nitrogens with one attached hydrogen (secondary N) is 1. The number of allylic oxidation sites excluding steroid dienone is 3. The Morgan fingerprint density at radius 1 is 1.16 bits per heavy atom. The van der Waals surface area contributed by atoms with Crippen LogP contribution in [0.4, 0.5) is 11.8 Å². The number of carbonyl (C=O) groups excluding carboxylic acids is 1. The molecule has 1 aromatic heterocycles. The number of ketones is 1. The van der Waals surface area contributed by atoms with Crippen LogP contribution >= 0.6 is 0 Å². The number of Topliss-reactive ketones (excluding diaryl/α,β-unsaturated/α-hetero) is 1. The second kappa shape index (κ2) is 12.3. The fourth-order valence-corrected chi connectivity index (χ4v) is 7.35. The minimum Gasteiger partial charge on any atom is -0.491 e. The lowest BCUT2D eigenvalue weighted by Crippen LogP contribution is -2.38. The van der Waals surface area contributed by atoms with Gasteiger partial charge < -0.3 is 15.0 Å². The molecule has 1 N–H and O–H groups in total. The predicted molar refractivity (Wildman–Crippen MR) is 153 cm³/mol. The Kier molecular flexibility index (Phi) is 8.86. The summed E-state index contributed by atoms with van der Waals surface area (Å²) in [5, 5.41) is 3.65. The van der Waals surface area contributed by atoms with Crippen molar-refractivity contribution in [2.24, 2.45) is 17.8 Å². The zero-order valence-corrected chi connectivity index (χ0v) is 24.1. The average Bonchev–Trinajstić information content (AvgIpc) is 3.71. The first kappa shape index (κ1) is 27.4. The number of hydrogen-bond acceptors (Lipinski definition) is 7. The minimum absolute atomic E-state index is 0.00291. The van der Waals surface area contributed by atoms with Gasteiger partial charge in [0.25, 0.3) is 0 Å². The van der Waals surface area contributed by atoms with E-state index < -0.39 is 10.8 Å². The number of aromatic nitrogens is 2. The Labute approximate surface area is 230 Å². The molecule has 5 rings (SSSR count). The van der Waals surface area contributed by atoms with Crippen molar-refractivity contribution in [3.05, 3.63) is 29.7 Å². The molecule has 2 aliphatic heterocycles. The Morgan fingerprint density at radius 2 is 1.89 bits per heavy atom. The van der Waals surface area contributed by atoms with E-state index in [4.69, 9.17) is 14.7 Å². The van der Waals surface area contributed by atoms with Gasteiger partial charge >= 0.3 is 0 Å². The van der Waals surface area contributed by atoms with E-state index in [1.165, 1.54) is 12.8 Å². The molecule has 2 unspecified atom stereocenters. The van der Waals surface area contributed by atoms with Crippen LogP contribution in [0, 0.1) is 17.8 Å². The first-order valence-electron chi connectivity index (χ1n) is 14.9. The fraction of sp³-hybridized carbons (Fsp3) is 0.700. The second-order valence-corrected chi connectivity index (χ2v) is 13.0. The van der Waals surface area contributed by atoms with Crippen LogP contribution in [0.15, 0.2) is 28.9 Å². The van der Waals surface area contributed by atoms with Crippen LogP contribution in [0.25, 0.3) is 0 Å². The summed E-state index contributed by atoms with van der Waals surface area (Å²) in [6, 6.07) is 0.345. The van der Waals surface area contributed by atoms with Gasteiger partial charge in [-0.3, -0.25) is 9.00 Å². The smallest absolute Gasteiger partial charge is 0.227 e. The number of hydrogen-bond donors (Lipinski definition) is 1. The molecule has 8 heteroatoms. The molecule has 38 heavy (non-hydrogen) atoms. The molecule has 3 atom stereocenters. The third-order valence-corrected chi connectivity index (χ3v) is 9.99. The molecule has 0 spiro atoms. The molecular weight excluding hydrogens is 496 g/mol. The molecule has 0 aromatic carbocycles. The van der Waals surface area contributed by atoms with Gasteiger partial charge in [-0.2, -0.15) is 4.98 Å². The highest BCUT2D eigenvalue weighted by molar-refractivity contribution is 7.85. The molecule has 0 amide bonds. The van der Waals surface area contributed by atoms with Crippen LogP contribution in [0.3, 0.4) is 0 Å². The van der Waals surface area contributed by atoms with Gasteiger partial charge in [-0.05, 0) is 50.2 Å². The fourth-order valence-electron chi connectivity index (χ4n) is 6.03. The second-order valence-electron chi connectivity index (χ2n) is 11.5. The van der Waals surface area contributed by atoms with Gasteiger partial charge in [-0.15, -0.1) is 0 Å². The molecule has 4 aliphatic rings. The summed E-state index contributed by atoms with van der Waals surface area (Å²) in [5.41, 5.74) is 0.943. The quantitative estimate of drug-likeness (QED) is 0.370. The largest absolute Gasteiger partial charge is 0.491 e. The number of fused-ring (bicyclic) bond motifs is 1. The normalized spacial score (nSPS) is 24.3. The van der Waals surface area contributed by atoms with Crippen molar-refractivity contribution in [3.8, 4) is 0 Å². The lowest BCUT2D eigenvalue weighted by molar-refractivity contribution is -0.125. The topological polar surface area (TPSA) is 84.4 Å². The number of carbonyl (C=O) groups is 1. The van der Waals surface area contributed by atoms with Gasteiger partial charge in [0, 0.05) is 56.0 Å². The molecule has 1 saturated heterocycles. The van der Waals surface area contributed by atoms with E-state index in [-0.39, 0.29) is 17.9 Å². The van der Waals surface area contributed by atoms with Crippen molar-refractivity contribution in [1.82, 2.24) is 9.97 Å². The van der Waals surface area contributed by atoms with Gasteiger partial charge in [-0.1, -0.05) is 39.7 Å². The molecule has 208 valence electrons. The maximum absolute atomic E-state index is 12.8. The third kappa shape index (κ3) is 6.32. The summed E-state index contributed by atoms with van der Waals surface area (Å²) in [7, 11) is -1.02. The molecule has 2 fully saturated rings. The number of ether oxygens (including phenoxy) is 1. The van der Waals surface area contributed by atoms with Crippen LogP contribution < -0.4 is 10.2 Å². The number of aryl methyl sites for hydroxylation is 1. The van der Waals surface area contributed by atoms with E-state index in [1.54, 1.807) is 0 Å². The van der Waals surface area contributed by atoms with Crippen molar-refractivity contribution < 1.29 is 13.7 Å². The van der Waals surface area contributed by atoms with Crippen LogP contribution in [-0.4, -0.2) is 50.9 Å². The Balaban J connectivity index is 1.18. The predicted octanol–water partition coefficient (Wildman–Crippen LogP) is 5.58. The maximum atomic E-state index is 12.8. The lowest BCUT2D eigenvalue weighted by Gasteiger charge is -2.33. The first-order chi connectivity index (χ1) is 18.5. The van der Waals surface area contributed by atoms with Crippen LogP contribution in [0.1, 0.15) is 84.3 Å². The Bertz CT molecular complexity index is 1090. The molecule has 0 bridgehead atoms. The van der Waals surface area contributed by atoms with Crippen molar-refractivity contribution in [3.63, 3.8) is 0 Å². The summed E-state index contributed by atoms with van der Waals surface area (Å²) in [4.78, 5) is 25.6. The van der Waals surface area contributed by atoms with Crippen LogP contribution in [0.5, 0.6) is 0 Å². The van der Waals surface area contributed by atoms with E-state index in [0.717, 1.165) is 92.6 Å². The Morgan fingerprint density at radius 3 is 2.53 bits per heavy atom. The first-order valence-corrected chi connectivity index (χ1v) is 16.2. The van der Waals surface area contributed by atoms with E-state index in [2.05, 4.69) is 37.1 Å². The van der Waals surface area contributed by atoms with Crippen LogP contribution in [0.2, 0.25) is 0 Å². The van der Waals surface area contributed by atoms with Gasteiger partial charge in [0.15, 0.2) is 0 Å². The molecule has 2 aliphatic carbocycles. The van der Waals surface area contributed by atoms with E-state index in [1.807, 2.05) is 12.2 Å². The molecular formula is C30H44N4O3S. The van der Waals surface area contributed by atoms with Gasteiger partial charge in [0.1, 0.15) is 28.4 Å². The molecule has 0 radical (unpaired) electrons. The summed E-state index contributed by atoms with van der Waals surface area (Å²) >= 11 is 0. The van der Waals surface area contributed by atoms with Gasteiger partial charge in [0.05, 0.1) is 16.5 Å². The summed E-state index contributed by atoms with van der Waals surface area (Å²) in [6.45, 7) is 8.16. The Hall–Kier alpha value is -2.22. The highest BCUT2D eigenvalue weighted by Crippen LogP contribution is 2.39. The minimum atomic E-state index is -1.02. The van der Waals surface area contributed by atoms with Crippen molar-refractivity contribution in [2.45, 2.75) is 102 Å². The number of piperidine rings is 1. The van der Waals surface area contributed by atoms with E-state index in [9.17, 15) is 9.00 Å². The zero-order valence-electron chi connectivity index (χ0n) is 23.3. The highest BCUT2D eigenvalue weighted by Gasteiger charge is 2.35. The monoisotopic (exact) mass is 540 g/mol. The molecule has 7 nitrogen and oxygen atoms in total. The molecule has 1 saturated carbocycles.